The van der Waals surface area contributed by atoms with Crippen molar-refractivity contribution >= 4 is 23.4 Å². The molecule has 154 valence electrons. The second-order valence-corrected chi connectivity index (χ2v) is 8.04. The Hall–Kier alpha value is -3.36. The molecular weight excluding hydrogens is 434 g/mol. The van der Waals surface area contributed by atoms with Crippen LogP contribution >= 0.6 is 23.4 Å². The SMILES string of the molecule is Clc1ccc(-c2nnc(SCc3nc(-c4ccco4)no3)n2Cc2ccccc2)cc1. The van der Waals surface area contributed by atoms with Gasteiger partial charge in [-0.2, -0.15) is 4.98 Å². The van der Waals surface area contributed by atoms with E-state index >= 15 is 0 Å². The van der Waals surface area contributed by atoms with Gasteiger partial charge in [0.1, 0.15) is 0 Å². The third kappa shape index (κ3) is 4.40. The second kappa shape index (κ2) is 8.79. The molecule has 0 aliphatic heterocycles. The number of furan rings is 1. The molecule has 0 saturated carbocycles. The quantitative estimate of drug-likeness (QED) is 0.300. The van der Waals surface area contributed by atoms with Crippen LogP contribution in [0.2, 0.25) is 5.02 Å². The van der Waals surface area contributed by atoms with Crippen molar-refractivity contribution in [1.29, 1.82) is 0 Å². The fraction of sp³-hybridized carbons (Fsp3) is 0.0909. The number of halogens is 1. The molecule has 5 rings (SSSR count). The highest BCUT2D eigenvalue weighted by molar-refractivity contribution is 7.98. The Bertz CT molecular complexity index is 1270. The highest BCUT2D eigenvalue weighted by Crippen LogP contribution is 2.28. The predicted octanol–water partition coefficient (Wildman–Crippen LogP) is 5.58. The zero-order valence-corrected chi connectivity index (χ0v) is 17.8. The molecule has 0 N–H and O–H groups in total. The normalized spacial score (nSPS) is 11.1. The molecule has 3 heterocycles. The van der Waals surface area contributed by atoms with Gasteiger partial charge in [0.2, 0.25) is 11.7 Å². The second-order valence-electron chi connectivity index (χ2n) is 6.66. The van der Waals surface area contributed by atoms with E-state index in [4.69, 9.17) is 20.5 Å². The van der Waals surface area contributed by atoms with Gasteiger partial charge in [-0.25, -0.2) is 0 Å². The minimum Gasteiger partial charge on any atom is -0.461 e. The zero-order valence-electron chi connectivity index (χ0n) is 16.2. The number of benzene rings is 2. The summed E-state index contributed by atoms with van der Waals surface area (Å²) in [7, 11) is 0. The summed E-state index contributed by atoms with van der Waals surface area (Å²) in [4.78, 5) is 4.39. The van der Waals surface area contributed by atoms with E-state index in [1.54, 1.807) is 18.4 Å². The summed E-state index contributed by atoms with van der Waals surface area (Å²) < 4.78 is 12.7. The lowest BCUT2D eigenvalue weighted by molar-refractivity contribution is 0.390. The largest absolute Gasteiger partial charge is 0.461 e. The van der Waals surface area contributed by atoms with Gasteiger partial charge in [0.15, 0.2) is 16.7 Å². The predicted molar refractivity (Wildman–Crippen MR) is 118 cm³/mol. The van der Waals surface area contributed by atoms with Crippen molar-refractivity contribution in [2.75, 3.05) is 0 Å². The molecule has 0 aliphatic carbocycles. The number of nitrogens with zero attached hydrogens (tertiary/aromatic N) is 5. The Kier molecular flexibility index (Phi) is 5.56. The molecule has 0 aliphatic rings. The van der Waals surface area contributed by atoms with E-state index < -0.39 is 0 Å². The summed E-state index contributed by atoms with van der Waals surface area (Å²) >= 11 is 7.54. The van der Waals surface area contributed by atoms with Gasteiger partial charge in [0, 0.05) is 10.6 Å². The Labute approximate surface area is 187 Å². The molecule has 0 atom stereocenters. The maximum Gasteiger partial charge on any atom is 0.238 e. The van der Waals surface area contributed by atoms with Crippen LogP contribution in [-0.2, 0) is 12.3 Å². The number of hydrogen-bond acceptors (Lipinski definition) is 7. The highest BCUT2D eigenvalue weighted by Gasteiger charge is 2.17. The first-order chi connectivity index (χ1) is 15.3. The lowest BCUT2D eigenvalue weighted by Crippen LogP contribution is -2.04. The lowest BCUT2D eigenvalue weighted by atomic mass is 10.2. The van der Waals surface area contributed by atoms with E-state index in [0.717, 1.165) is 22.1 Å². The number of rotatable bonds is 7. The van der Waals surface area contributed by atoms with Crippen LogP contribution in [0.4, 0.5) is 0 Å². The highest BCUT2D eigenvalue weighted by atomic mass is 35.5. The van der Waals surface area contributed by atoms with E-state index in [1.807, 2.05) is 42.5 Å². The minimum atomic E-state index is 0.424. The maximum absolute atomic E-state index is 6.05. The van der Waals surface area contributed by atoms with Crippen molar-refractivity contribution in [1.82, 2.24) is 24.9 Å². The van der Waals surface area contributed by atoms with E-state index in [2.05, 4.69) is 37.0 Å². The van der Waals surface area contributed by atoms with Crippen molar-refractivity contribution in [3.8, 4) is 23.0 Å². The van der Waals surface area contributed by atoms with Crippen molar-refractivity contribution in [2.24, 2.45) is 0 Å². The number of hydrogen-bond donors (Lipinski definition) is 0. The van der Waals surface area contributed by atoms with Crippen LogP contribution < -0.4 is 0 Å². The van der Waals surface area contributed by atoms with Crippen LogP contribution in [0.3, 0.4) is 0 Å². The lowest BCUT2D eigenvalue weighted by Gasteiger charge is -2.10. The third-order valence-electron chi connectivity index (χ3n) is 4.54. The van der Waals surface area contributed by atoms with Crippen molar-refractivity contribution in [2.45, 2.75) is 17.5 Å². The molecule has 3 aromatic heterocycles. The zero-order chi connectivity index (χ0) is 21.0. The molecule has 5 aromatic rings. The summed E-state index contributed by atoms with van der Waals surface area (Å²) in [6.45, 7) is 0.635. The van der Waals surface area contributed by atoms with E-state index in [-0.39, 0.29) is 0 Å². The van der Waals surface area contributed by atoms with Crippen LogP contribution in [0, 0.1) is 0 Å². The van der Waals surface area contributed by atoms with Gasteiger partial charge in [-0.15, -0.1) is 10.2 Å². The van der Waals surface area contributed by atoms with Crippen LogP contribution in [0.1, 0.15) is 11.5 Å². The Morgan fingerprint density at radius 3 is 2.55 bits per heavy atom. The van der Waals surface area contributed by atoms with Gasteiger partial charge in [-0.05, 0) is 42.0 Å². The summed E-state index contributed by atoms with van der Waals surface area (Å²) in [6, 6.07) is 21.3. The monoisotopic (exact) mass is 449 g/mol. The molecule has 0 fully saturated rings. The standard InChI is InChI=1S/C22H16ClN5O2S/c23-17-10-8-16(9-11-17)21-25-26-22(28(21)13-15-5-2-1-3-6-15)31-14-19-24-20(27-30-19)18-7-4-12-29-18/h1-12H,13-14H2. The summed E-state index contributed by atoms with van der Waals surface area (Å²) in [5.41, 5.74) is 2.09. The Balaban J connectivity index is 1.41. The molecule has 0 bridgehead atoms. The first-order valence-corrected chi connectivity index (χ1v) is 10.8. The molecule has 0 amide bonds. The van der Waals surface area contributed by atoms with Gasteiger partial charge >= 0.3 is 0 Å². The van der Waals surface area contributed by atoms with Crippen molar-refractivity contribution in [3.63, 3.8) is 0 Å². The van der Waals surface area contributed by atoms with E-state index in [1.165, 1.54) is 11.8 Å². The first kappa shape index (κ1) is 19.6. The number of thioether (sulfide) groups is 1. The third-order valence-corrected chi connectivity index (χ3v) is 5.74. The molecular formula is C22H16ClN5O2S. The average molecular weight is 450 g/mol. The Morgan fingerprint density at radius 1 is 0.935 bits per heavy atom. The van der Waals surface area contributed by atoms with Crippen LogP contribution in [0.5, 0.6) is 0 Å². The smallest absolute Gasteiger partial charge is 0.238 e. The molecule has 9 heteroatoms. The van der Waals surface area contributed by atoms with E-state index in [9.17, 15) is 0 Å². The molecule has 0 unspecified atom stereocenters. The van der Waals surface area contributed by atoms with Gasteiger partial charge < -0.3 is 8.94 Å². The minimum absolute atomic E-state index is 0.424. The van der Waals surface area contributed by atoms with Crippen LogP contribution in [0.25, 0.3) is 23.0 Å². The van der Waals surface area contributed by atoms with E-state index in [0.29, 0.717) is 34.8 Å². The van der Waals surface area contributed by atoms with Crippen molar-refractivity contribution in [3.05, 3.63) is 89.5 Å². The summed E-state index contributed by atoms with van der Waals surface area (Å²) in [5, 5.41) is 14.3. The van der Waals surface area contributed by atoms with Gasteiger partial charge in [0.25, 0.3) is 0 Å². The molecule has 0 spiro atoms. The molecule has 31 heavy (non-hydrogen) atoms. The first-order valence-electron chi connectivity index (χ1n) is 9.48. The van der Waals surface area contributed by atoms with Gasteiger partial charge in [0.05, 0.1) is 18.6 Å². The fourth-order valence-electron chi connectivity index (χ4n) is 3.06. The van der Waals surface area contributed by atoms with Crippen LogP contribution in [0.15, 0.2) is 87.1 Å². The molecule has 0 radical (unpaired) electrons. The summed E-state index contributed by atoms with van der Waals surface area (Å²) in [5.74, 6) is 2.70. The van der Waals surface area contributed by atoms with Gasteiger partial charge in [-0.1, -0.05) is 58.9 Å². The average Bonchev–Trinajstić information content (AvgIpc) is 3.55. The topological polar surface area (TPSA) is 82.8 Å². The molecule has 7 nitrogen and oxygen atoms in total. The van der Waals surface area contributed by atoms with Crippen LogP contribution in [-0.4, -0.2) is 24.9 Å². The fourth-order valence-corrected chi connectivity index (χ4v) is 3.96. The number of aromatic nitrogens is 5. The Morgan fingerprint density at radius 2 is 1.77 bits per heavy atom. The molecule has 2 aromatic carbocycles. The summed E-state index contributed by atoms with van der Waals surface area (Å²) in [6.07, 6.45) is 1.57. The maximum atomic E-state index is 6.05. The van der Waals surface area contributed by atoms with Gasteiger partial charge in [-0.3, -0.25) is 4.57 Å². The van der Waals surface area contributed by atoms with Crippen molar-refractivity contribution < 1.29 is 8.94 Å². The molecule has 0 saturated heterocycles.